The van der Waals surface area contributed by atoms with E-state index in [2.05, 4.69) is 0 Å². The Morgan fingerprint density at radius 3 is 2.82 bits per heavy atom. The first-order chi connectivity index (χ1) is 8.04. The SMILES string of the molecule is CC(CC(=O)NN)Sc1ccccc1[N+](=O)[O-]. The summed E-state index contributed by atoms with van der Waals surface area (Å²) in [5.74, 6) is 4.69. The summed E-state index contributed by atoms with van der Waals surface area (Å²) >= 11 is 1.28. The predicted octanol–water partition coefficient (Wildman–Crippen LogP) is 1.46. The molecule has 1 unspecified atom stereocenters. The Morgan fingerprint density at radius 1 is 1.59 bits per heavy atom. The van der Waals surface area contributed by atoms with E-state index >= 15 is 0 Å². The topological polar surface area (TPSA) is 98.3 Å². The Morgan fingerprint density at radius 2 is 2.24 bits per heavy atom. The van der Waals surface area contributed by atoms with Crippen molar-refractivity contribution >= 4 is 23.4 Å². The molecule has 0 aliphatic rings. The number of amides is 1. The van der Waals surface area contributed by atoms with Crippen LogP contribution in [0, 0.1) is 10.1 Å². The van der Waals surface area contributed by atoms with Crippen LogP contribution in [0.3, 0.4) is 0 Å². The summed E-state index contributed by atoms with van der Waals surface area (Å²) < 4.78 is 0. The van der Waals surface area contributed by atoms with E-state index in [0.717, 1.165) is 0 Å². The molecule has 1 rings (SSSR count). The first-order valence-corrected chi connectivity index (χ1v) is 5.82. The number of benzene rings is 1. The monoisotopic (exact) mass is 255 g/mol. The number of hydrogen-bond donors (Lipinski definition) is 2. The molecule has 1 aromatic carbocycles. The molecule has 0 saturated heterocycles. The van der Waals surface area contributed by atoms with Gasteiger partial charge in [-0.15, -0.1) is 11.8 Å². The number of carbonyl (C=O) groups is 1. The molecule has 92 valence electrons. The Balaban J connectivity index is 2.74. The maximum absolute atomic E-state index is 11.0. The molecule has 0 fully saturated rings. The molecule has 0 spiro atoms. The Bertz CT molecular complexity index is 425. The number of hydrogen-bond acceptors (Lipinski definition) is 5. The minimum absolute atomic E-state index is 0.0532. The van der Waals surface area contributed by atoms with Gasteiger partial charge in [-0.2, -0.15) is 0 Å². The van der Waals surface area contributed by atoms with Crippen molar-refractivity contribution in [1.29, 1.82) is 0 Å². The van der Waals surface area contributed by atoms with Crippen LogP contribution < -0.4 is 11.3 Å². The predicted molar refractivity (Wildman–Crippen MR) is 65.4 cm³/mol. The van der Waals surface area contributed by atoms with Crippen molar-refractivity contribution in [1.82, 2.24) is 5.43 Å². The fourth-order valence-electron chi connectivity index (χ4n) is 1.29. The molecule has 0 aliphatic carbocycles. The molecule has 0 saturated carbocycles. The molecule has 6 nitrogen and oxygen atoms in total. The van der Waals surface area contributed by atoms with Gasteiger partial charge in [-0.05, 0) is 6.07 Å². The molecule has 0 bridgehead atoms. The summed E-state index contributed by atoms with van der Waals surface area (Å²) in [5, 5.41) is 10.7. The zero-order chi connectivity index (χ0) is 12.8. The number of nitrogens with zero attached hydrogens (tertiary/aromatic N) is 1. The maximum atomic E-state index is 11.0. The molecule has 1 atom stereocenters. The van der Waals surface area contributed by atoms with Gasteiger partial charge in [0.15, 0.2) is 0 Å². The van der Waals surface area contributed by atoms with Gasteiger partial charge in [-0.25, -0.2) is 5.84 Å². The first-order valence-electron chi connectivity index (χ1n) is 4.94. The molecular formula is C10H13N3O3S. The summed E-state index contributed by atoms with van der Waals surface area (Å²) in [6.45, 7) is 1.82. The average Bonchev–Trinajstić information content (AvgIpc) is 2.29. The minimum Gasteiger partial charge on any atom is -0.294 e. The van der Waals surface area contributed by atoms with E-state index < -0.39 is 4.92 Å². The van der Waals surface area contributed by atoms with Crippen LogP contribution in [0.1, 0.15) is 13.3 Å². The molecule has 0 aromatic heterocycles. The molecule has 1 aromatic rings. The number of thioether (sulfide) groups is 1. The van der Waals surface area contributed by atoms with Gasteiger partial charge in [0.25, 0.3) is 5.69 Å². The number of nitro benzene ring substituents is 1. The third kappa shape index (κ3) is 4.04. The van der Waals surface area contributed by atoms with Crippen molar-refractivity contribution in [3.05, 3.63) is 34.4 Å². The van der Waals surface area contributed by atoms with Crippen LogP contribution in [0.5, 0.6) is 0 Å². The van der Waals surface area contributed by atoms with Gasteiger partial charge in [-0.1, -0.05) is 19.1 Å². The Labute approximate surface area is 103 Å². The van der Waals surface area contributed by atoms with E-state index in [1.807, 2.05) is 12.3 Å². The van der Waals surface area contributed by atoms with Gasteiger partial charge in [0.2, 0.25) is 5.91 Å². The van der Waals surface area contributed by atoms with Gasteiger partial charge < -0.3 is 0 Å². The average molecular weight is 255 g/mol. The van der Waals surface area contributed by atoms with Crippen LogP contribution in [0.25, 0.3) is 0 Å². The van der Waals surface area contributed by atoms with Gasteiger partial charge in [0.1, 0.15) is 0 Å². The highest BCUT2D eigenvalue weighted by atomic mass is 32.2. The van der Waals surface area contributed by atoms with Crippen molar-refractivity contribution in [2.45, 2.75) is 23.5 Å². The second kappa shape index (κ2) is 6.21. The molecule has 0 aliphatic heterocycles. The molecule has 3 N–H and O–H groups in total. The van der Waals surface area contributed by atoms with Crippen LogP contribution in [0.4, 0.5) is 5.69 Å². The largest absolute Gasteiger partial charge is 0.294 e. The third-order valence-electron chi connectivity index (χ3n) is 2.02. The van der Waals surface area contributed by atoms with Crippen molar-refractivity contribution in [2.75, 3.05) is 0 Å². The highest BCUT2D eigenvalue weighted by molar-refractivity contribution is 8.00. The van der Waals surface area contributed by atoms with Gasteiger partial charge in [0, 0.05) is 17.7 Å². The summed E-state index contributed by atoms with van der Waals surface area (Å²) in [4.78, 5) is 21.9. The second-order valence-electron chi connectivity index (χ2n) is 3.42. The lowest BCUT2D eigenvalue weighted by atomic mass is 10.3. The molecular weight excluding hydrogens is 242 g/mol. The standard InChI is InChI=1S/C10H13N3O3S/c1-7(6-10(14)12-11)17-9-5-3-2-4-8(9)13(15)16/h2-5,7H,6,11H2,1H3,(H,12,14). The molecule has 0 radical (unpaired) electrons. The van der Waals surface area contributed by atoms with Crippen molar-refractivity contribution in [2.24, 2.45) is 5.84 Å². The minimum atomic E-state index is -0.432. The van der Waals surface area contributed by atoms with E-state index in [-0.39, 0.29) is 23.3 Å². The highest BCUT2D eigenvalue weighted by Crippen LogP contribution is 2.32. The summed E-state index contributed by atoms with van der Waals surface area (Å²) in [7, 11) is 0. The van der Waals surface area contributed by atoms with Crippen molar-refractivity contribution < 1.29 is 9.72 Å². The van der Waals surface area contributed by atoms with Gasteiger partial charge >= 0.3 is 0 Å². The fourth-order valence-corrected chi connectivity index (χ4v) is 2.37. The second-order valence-corrected chi connectivity index (χ2v) is 4.91. The number of hydrazine groups is 1. The van der Waals surface area contributed by atoms with Crippen LogP contribution >= 0.6 is 11.8 Å². The number of nitrogens with two attached hydrogens (primary N) is 1. The van der Waals surface area contributed by atoms with E-state index in [1.54, 1.807) is 18.2 Å². The van der Waals surface area contributed by atoms with E-state index in [4.69, 9.17) is 5.84 Å². The number of nitro groups is 1. The molecule has 17 heavy (non-hydrogen) atoms. The van der Waals surface area contributed by atoms with Crippen molar-refractivity contribution in [3.8, 4) is 0 Å². The van der Waals surface area contributed by atoms with E-state index in [9.17, 15) is 14.9 Å². The summed E-state index contributed by atoms with van der Waals surface area (Å²) in [5.41, 5.74) is 2.09. The third-order valence-corrected chi connectivity index (χ3v) is 3.19. The number of nitrogens with one attached hydrogen (secondary N) is 1. The van der Waals surface area contributed by atoms with Crippen molar-refractivity contribution in [3.63, 3.8) is 0 Å². The first kappa shape index (κ1) is 13.5. The smallest absolute Gasteiger partial charge is 0.282 e. The summed E-state index contributed by atoms with van der Waals surface area (Å²) in [6.07, 6.45) is 0.215. The quantitative estimate of drug-likeness (QED) is 0.273. The lowest BCUT2D eigenvalue weighted by Crippen LogP contribution is -2.31. The van der Waals surface area contributed by atoms with E-state index in [0.29, 0.717) is 4.90 Å². The van der Waals surface area contributed by atoms with Gasteiger partial charge in [-0.3, -0.25) is 20.3 Å². The van der Waals surface area contributed by atoms with Crippen LogP contribution in [0.15, 0.2) is 29.2 Å². The zero-order valence-corrected chi connectivity index (χ0v) is 10.1. The number of rotatable bonds is 5. The van der Waals surface area contributed by atoms with Crippen LogP contribution in [-0.4, -0.2) is 16.1 Å². The molecule has 7 heteroatoms. The number of carbonyl (C=O) groups excluding carboxylic acids is 1. The normalized spacial score (nSPS) is 11.9. The fraction of sp³-hybridized carbons (Fsp3) is 0.300. The maximum Gasteiger partial charge on any atom is 0.282 e. The van der Waals surface area contributed by atoms with Gasteiger partial charge in [0.05, 0.1) is 9.82 Å². The lowest BCUT2D eigenvalue weighted by molar-refractivity contribution is -0.387. The zero-order valence-electron chi connectivity index (χ0n) is 9.25. The van der Waals surface area contributed by atoms with Crippen LogP contribution in [0.2, 0.25) is 0 Å². The number of para-hydroxylation sites is 1. The van der Waals surface area contributed by atoms with Crippen LogP contribution in [-0.2, 0) is 4.79 Å². The highest BCUT2D eigenvalue weighted by Gasteiger charge is 2.17. The molecule has 0 heterocycles. The Hall–Kier alpha value is -1.60. The molecule has 1 amide bonds. The summed E-state index contributed by atoms with van der Waals surface area (Å²) in [6, 6.07) is 6.45. The lowest BCUT2D eigenvalue weighted by Gasteiger charge is -2.09. The van der Waals surface area contributed by atoms with E-state index in [1.165, 1.54) is 17.8 Å². The Kier molecular flexibility index (Phi) is 4.92.